The molecule has 2 aromatic heterocycles. The summed E-state index contributed by atoms with van der Waals surface area (Å²) in [4.78, 5) is 18.8. The molecule has 0 N–H and O–H groups in total. The third-order valence-corrected chi connectivity index (χ3v) is 7.51. The number of rotatable bonds is 6. The van der Waals surface area contributed by atoms with Crippen LogP contribution in [0.2, 0.25) is 0 Å². The van der Waals surface area contributed by atoms with Gasteiger partial charge in [0.25, 0.3) is 0 Å². The number of amides is 1. The van der Waals surface area contributed by atoms with E-state index in [1.54, 1.807) is 23.1 Å². The number of benzene rings is 1. The number of hydrogen-bond acceptors (Lipinski definition) is 7. The molecule has 1 aromatic carbocycles. The number of nitrogens with zero attached hydrogens (tertiary/aromatic N) is 4. The molecule has 25 heavy (non-hydrogen) atoms. The maximum atomic E-state index is 12.2. The SMILES string of the molecule is CCC(=O)N(c1nnc(SC(C)c2nc3ccccc3s2)s1)C1CC1. The number of thiazole rings is 1. The van der Waals surface area contributed by atoms with Gasteiger partial charge in [0.2, 0.25) is 11.0 Å². The minimum atomic E-state index is 0.134. The predicted octanol–water partition coefficient (Wildman–Crippen LogP) is 4.91. The van der Waals surface area contributed by atoms with Crippen molar-refractivity contribution < 1.29 is 4.79 Å². The molecule has 0 bridgehead atoms. The molecule has 5 nitrogen and oxygen atoms in total. The van der Waals surface area contributed by atoms with Gasteiger partial charge in [0.05, 0.1) is 15.5 Å². The Balaban J connectivity index is 1.51. The van der Waals surface area contributed by atoms with Crippen LogP contribution >= 0.6 is 34.4 Å². The Morgan fingerprint density at radius 3 is 2.84 bits per heavy atom. The molecule has 0 radical (unpaired) electrons. The van der Waals surface area contributed by atoms with E-state index in [1.165, 1.54) is 16.0 Å². The highest BCUT2D eigenvalue weighted by atomic mass is 32.2. The average Bonchev–Trinajstić information content (AvgIpc) is 3.18. The van der Waals surface area contributed by atoms with Crippen LogP contribution in [-0.2, 0) is 4.79 Å². The van der Waals surface area contributed by atoms with Crippen LogP contribution in [0.5, 0.6) is 0 Å². The van der Waals surface area contributed by atoms with E-state index < -0.39 is 0 Å². The van der Waals surface area contributed by atoms with Crippen LogP contribution in [0.25, 0.3) is 10.2 Å². The van der Waals surface area contributed by atoms with Crippen molar-refractivity contribution in [2.24, 2.45) is 0 Å². The highest BCUT2D eigenvalue weighted by molar-refractivity contribution is 8.01. The molecule has 2 heterocycles. The number of fused-ring (bicyclic) bond motifs is 1. The second kappa shape index (κ2) is 7.01. The number of anilines is 1. The summed E-state index contributed by atoms with van der Waals surface area (Å²) in [5.74, 6) is 0.134. The van der Waals surface area contributed by atoms with Gasteiger partial charge < -0.3 is 0 Å². The Hall–Kier alpha value is -1.51. The van der Waals surface area contributed by atoms with Crippen molar-refractivity contribution in [2.75, 3.05) is 4.90 Å². The Morgan fingerprint density at radius 1 is 1.32 bits per heavy atom. The number of carbonyl (C=O) groups excluding carboxylic acids is 1. The van der Waals surface area contributed by atoms with Crippen LogP contribution in [0.4, 0.5) is 5.13 Å². The smallest absolute Gasteiger partial charge is 0.228 e. The molecule has 130 valence electrons. The molecule has 8 heteroatoms. The van der Waals surface area contributed by atoms with Crippen molar-refractivity contribution in [3.63, 3.8) is 0 Å². The first-order valence-corrected chi connectivity index (χ1v) is 10.8. The Kier molecular flexibility index (Phi) is 4.75. The van der Waals surface area contributed by atoms with Crippen molar-refractivity contribution in [2.45, 2.75) is 48.7 Å². The average molecular weight is 391 g/mol. The van der Waals surface area contributed by atoms with E-state index in [-0.39, 0.29) is 11.2 Å². The molecule has 0 saturated heterocycles. The molecule has 1 aliphatic carbocycles. The summed E-state index contributed by atoms with van der Waals surface area (Å²) in [5, 5.41) is 10.6. The van der Waals surface area contributed by atoms with Gasteiger partial charge >= 0.3 is 0 Å². The molecular formula is C17H18N4OS3. The minimum Gasteiger partial charge on any atom is -0.284 e. The molecule has 1 atom stereocenters. The van der Waals surface area contributed by atoms with Gasteiger partial charge in [-0.15, -0.1) is 21.5 Å². The third-order valence-electron chi connectivity index (χ3n) is 4.02. The van der Waals surface area contributed by atoms with Crippen LogP contribution in [0.1, 0.15) is 43.4 Å². The zero-order valence-corrected chi connectivity index (χ0v) is 16.5. The second-order valence-electron chi connectivity index (χ2n) is 5.98. The summed E-state index contributed by atoms with van der Waals surface area (Å²) in [5.41, 5.74) is 1.04. The van der Waals surface area contributed by atoms with Crippen molar-refractivity contribution in [1.82, 2.24) is 15.2 Å². The summed E-state index contributed by atoms with van der Waals surface area (Å²) >= 11 is 4.88. The minimum absolute atomic E-state index is 0.134. The lowest BCUT2D eigenvalue weighted by molar-refractivity contribution is -0.118. The van der Waals surface area contributed by atoms with Gasteiger partial charge in [-0.25, -0.2) is 4.98 Å². The van der Waals surface area contributed by atoms with Gasteiger partial charge in [-0.1, -0.05) is 42.2 Å². The predicted molar refractivity (Wildman–Crippen MR) is 105 cm³/mol. The topological polar surface area (TPSA) is 59.0 Å². The van der Waals surface area contributed by atoms with Gasteiger partial charge in [0.15, 0.2) is 4.34 Å². The molecule has 1 unspecified atom stereocenters. The van der Waals surface area contributed by atoms with Crippen LogP contribution in [0, 0.1) is 0 Å². The van der Waals surface area contributed by atoms with E-state index in [4.69, 9.17) is 4.98 Å². The first-order valence-electron chi connectivity index (χ1n) is 8.33. The highest BCUT2D eigenvalue weighted by Gasteiger charge is 2.35. The lowest BCUT2D eigenvalue weighted by atomic mass is 10.3. The largest absolute Gasteiger partial charge is 0.284 e. The second-order valence-corrected chi connectivity index (χ2v) is 9.59. The van der Waals surface area contributed by atoms with Gasteiger partial charge in [0.1, 0.15) is 5.01 Å². The summed E-state index contributed by atoms with van der Waals surface area (Å²) < 4.78 is 2.09. The summed E-state index contributed by atoms with van der Waals surface area (Å²) in [6, 6.07) is 8.51. The molecule has 0 spiro atoms. The molecule has 1 fully saturated rings. The highest BCUT2D eigenvalue weighted by Crippen LogP contribution is 2.42. The zero-order chi connectivity index (χ0) is 17.4. The number of para-hydroxylation sites is 1. The van der Waals surface area contributed by atoms with Crippen molar-refractivity contribution >= 4 is 55.7 Å². The van der Waals surface area contributed by atoms with E-state index in [0.29, 0.717) is 12.5 Å². The maximum Gasteiger partial charge on any atom is 0.228 e. The van der Waals surface area contributed by atoms with Crippen molar-refractivity contribution in [1.29, 1.82) is 0 Å². The van der Waals surface area contributed by atoms with E-state index in [1.807, 2.05) is 30.0 Å². The van der Waals surface area contributed by atoms with Crippen LogP contribution in [-0.4, -0.2) is 27.1 Å². The first kappa shape index (κ1) is 16.9. The standard InChI is InChI=1S/C17H18N4OS3/c1-3-14(22)21(11-8-9-11)16-19-20-17(25-16)23-10(2)15-18-12-6-4-5-7-13(12)24-15/h4-7,10-11H,3,8-9H2,1-2H3. The number of hydrogen-bond donors (Lipinski definition) is 0. The van der Waals surface area contributed by atoms with E-state index in [2.05, 4.69) is 23.2 Å². The van der Waals surface area contributed by atoms with Crippen LogP contribution in [0.3, 0.4) is 0 Å². The van der Waals surface area contributed by atoms with E-state index in [9.17, 15) is 4.79 Å². The lowest BCUT2D eigenvalue weighted by Gasteiger charge is -2.17. The first-order chi connectivity index (χ1) is 12.2. The monoisotopic (exact) mass is 390 g/mol. The Bertz CT molecular complexity index is 869. The summed E-state index contributed by atoms with van der Waals surface area (Å²) in [6.07, 6.45) is 2.63. The molecule has 1 amide bonds. The van der Waals surface area contributed by atoms with Crippen LogP contribution in [0.15, 0.2) is 28.6 Å². The van der Waals surface area contributed by atoms with Gasteiger partial charge in [-0.05, 0) is 31.9 Å². The fourth-order valence-electron chi connectivity index (χ4n) is 2.58. The quantitative estimate of drug-likeness (QED) is 0.442. The van der Waals surface area contributed by atoms with Gasteiger partial charge in [-0.3, -0.25) is 9.69 Å². The molecule has 4 rings (SSSR count). The van der Waals surface area contributed by atoms with Crippen molar-refractivity contribution in [3.8, 4) is 0 Å². The Morgan fingerprint density at radius 2 is 2.12 bits per heavy atom. The van der Waals surface area contributed by atoms with Crippen LogP contribution < -0.4 is 4.90 Å². The third kappa shape index (κ3) is 3.56. The number of carbonyl (C=O) groups is 1. The molecule has 3 aromatic rings. The molecule has 1 aliphatic rings. The molecule has 1 saturated carbocycles. The van der Waals surface area contributed by atoms with Gasteiger partial charge in [0, 0.05) is 12.5 Å². The molecule has 0 aliphatic heterocycles. The summed E-state index contributed by atoms with van der Waals surface area (Å²) in [7, 11) is 0. The van der Waals surface area contributed by atoms with E-state index in [0.717, 1.165) is 32.8 Å². The number of aromatic nitrogens is 3. The normalized spacial score (nSPS) is 15.4. The maximum absolute atomic E-state index is 12.2. The fraction of sp³-hybridized carbons (Fsp3) is 0.412. The van der Waals surface area contributed by atoms with Crippen molar-refractivity contribution in [3.05, 3.63) is 29.3 Å². The fourth-order valence-corrected chi connectivity index (χ4v) is 5.83. The summed E-state index contributed by atoms with van der Waals surface area (Å²) in [6.45, 7) is 4.03. The molecular weight excluding hydrogens is 372 g/mol. The lowest BCUT2D eigenvalue weighted by Crippen LogP contribution is -2.32. The zero-order valence-electron chi connectivity index (χ0n) is 14.0. The van der Waals surface area contributed by atoms with Gasteiger partial charge in [-0.2, -0.15) is 0 Å². The number of thioether (sulfide) groups is 1. The van der Waals surface area contributed by atoms with E-state index >= 15 is 0 Å². The Labute approximate surface area is 158 Å².